The van der Waals surface area contributed by atoms with Crippen molar-refractivity contribution in [3.05, 3.63) is 42.4 Å². The van der Waals surface area contributed by atoms with E-state index in [1.54, 1.807) is 6.26 Å². The number of carbonyl (C=O) groups excluding carboxylic acids is 1. The molecule has 3 aromatic rings. The molecular weight excluding hydrogens is 392 g/mol. The molecule has 6 nitrogen and oxygen atoms in total. The van der Waals surface area contributed by atoms with Crippen LogP contribution in [0, 0.1) is 0 Å². The summed E-state index contributed by atoms with van der Waals surface area (Å²) in [7, 11) is 0. The van der Waals surface area contributed by atoms with Crippen LogP contribution in [-0.2, 0) is 16.0 Å². The first kappa shape index (κ1) is 22.8. The number of nitrogens with zero attached hydrogens (tertiary/aromatic N) is 2. The molecule has 0 spiro atoms. The fourth-order valence-electron chi connectivity index (χ4n) is 3.41. The highest BCUT2D eigenvalue weighted by atomic mass is 16.6. The van der Waals surface area contributed by atoms with Gasteiger partial charge >= 0.3 is 5.97 Å². The third-order valence-corrected chi connectivity index (χ3v) is 4.98. The van der Waals surface area contributed by atoms with Gasteiger partial charge in [0.2, 0.25) is 11.6 Å². The molecule has 31 heavy (non-hydrogen) atoms. The second kappa shape index (κ2) is 9.94. The average molecular weight is 425 g/mol. The lowest BCUT2D eigenvalue weighted by molar-refractivity contribution is -0.154. The summed E-state index contributed by atoms with van der Waals surface area (Å²) >= 11 is 0. The number of rotatable bonds is 9. The van der Waals surface area contributed by atoms with E-state index >= 15 is 0 Å². The maximum atomic E-state index is 11.8. The molecule has 0 amide bonds. The molecule has 0 radical (unpaired) electrons. The van der Waals surface area contributed by atoms with Gasteiger partial charge < -0.3 is 13.9 Å². The Hall–Kier alpha value is -2.89. The summed E-state index contributed by atoms with van der Waals surface area (Å²) in [5.74, 6) is 0.365. The van der Waals surface area contributed by atoms with Crippen molar-refractivity contribution in [2.24, 2.45) is 0 Å². The van der Waals surface area contributed by atoms with Crippen LogP contribution >= 0.6 is 0 Å². The molecule has 2 heterocycles. The predicted octanol–water partition coefficient (Wildman–Crippen LogP) is 6.12. The summed E-state index contributed by atoms with van der Waals surface area (Å²) in [6.07, 6.45) is 6.97. The van der Waals surface area contributed by atoms with Crippen LogP contribution < -0.4 is 4.74 Å². The third-order valence-electron chi connectivity index (χ3n) is 4.98. The van der Waals surface area contributed by atoms with Crippen molar-refractivity contribution < 1.29 is 18.7 Å². The van der Waals surface area contributed by atoms with Crippen LogP contribution in [0.1, 0.15) is 65.9 Å². The van der Waals surface area contributed by atoms with Crippen LogP contribution in [0.3, 0.4) is 0 Å². The Morgan fingerprint density at radius 1 is 1.13 bits per heavy atom. The molecule has 0 saturated carbocycles. The Kier molecular flexibility index (Phi) is 7.31. The number of hydrogen-bond donors (Lipinski definition) is 0. The van der Waals surface area contributed by atoms with Gasteiger partial charge in [0.25, 0.3) is 0 Å². The lowest BCUT2D eigenvalue weighted by atomic mass is 10.0. The molecule has 1 atom stereocenters. The molecule has 1 aromatic carbocycles. The van der Waals surface area contributed by atoms with Crippen molar-refractivity contribution in [1.29, 1.82) is 0 Å². The van der Waals surface area contributed by atoms with E-state index in [0.29, 0.717) is 18.0 Å². The average Bonchev–Trinajstić information content (AvgIpc) is 3.15. The van der Waals surface area contributed by atoms with Crippen LogP contribution in [0.4, 0.5) is 0 Å². The molecule has 0 N–H and O–H groups in total. The maximum absolute atomic E-state index is 11.8. The fourth-order valence-corrected chi connectivity index (χ4v) is 3.41. The molecule has 0 aliphatic heterocycles. The summed E-state index contributed by atoms with van der Waals surface area (Å²) in [5, 5.41) is 0.785. The summed E-state index contributed by atoms with van der Waals surface area (Å²) < 4.78 is 17.2. The minimum atomic E-state index is -0.439. The van der Waals surface area contributed by atoms with Crippen molar-refractivity contribution in [2.75, 3.05) is 0 Å². The second-order valence-corrected chi connectivity index (χ2v) is 8.82. The number of unbranched alkanes of at least 4 members (excludes halogenated alkanes) is 1. The summed E-state index contributed by atoms with van der Waals surface area (Å²) in [6, 6.07) is 8.40. The quantitative estimate of drug-likeness (QED) is 0.304. The lowest BCUT2D eigenvalue weighted by Crippen LogP contribution is -2.23. The van der Waals surface area contributed by atoms with Crippen LogP contribution in [0.25, 0.3) is 22.2 Å². The van der Waals surface area contributed by atoms with Crippen LogP contribution in [0.5, 0.6) is 5.88 Å². The zero-order valence-electron chi connectivity index (χ0n) is 19.1. The van der Waals surface area contributed by atoms with Gasteiger partial charge in [0.15, 0.2) is 0 Å². The molecule has 0 fully saturated rings. The van der Waals surface area contributed by atoms with Gasteiger partial charge in [0, 0.05) is 12.0 Å². The van der Waals surface area contributed by atoms with Crippen LogP contribution in [-0.4, -0.2) is 27.6 Å². The number of carbonyl (C=O) groups is 1. The Morgan fingerprint density at radius 2 is 1.87 bits per heavy atom. The maximum Gasteiger partial charge on any atom is 0.306 e. The van der Waals surface area contributed by atoms with Gasteiger partial charge in [-0.3, -0.25) is 4.79 Å². The topological polar surface area (TPSA) is 74.5 Å². The fraction of sp³-hybridized carbons (Fsp3) is 0.480. The zero-order valence-corrected chi connectivity index (χ0v) is 19.1. The molecule has 0 aliphatic carbocycles. The molecular formula is C25H32N2O4. The Balaban J connectivity index is 1.63. The lowest BCUT2D eigenvalue weighted by Gasteiger charge is -2.19. The van der Waals surface area contributed by atoms with E-state index in [-0.39, 0.29) is 12.1 Å². The van der Waals surface area contributed by atoms with Gasteiger partial charge in [-0.25, -0.2) is 9.97 Å². The van der Waals surface area contributed by atoms with E-state index in [1.807, 2.05) is 27.7 Å². The van der Waals surface area contributed by atoms with Crippen molar-refractivity contribution in [1.82, 2.24) is 9.97 Å². The first-order chi connectivity index (χ1) is 14.8. The van der Waals surface area contributed by atoms with Crippen molar-refractivity contribution in [3.8, 4) is 17.0 Å². The molecule has 0 aliphatic rings. The molecule has 2 aromatic heterocycles. The predicted molar refractivity (Wildman–Crippen MR) is 121 cm³/mol. The van der Waals surface area contributed by atoms with Gasteiger partial charge in [-0.1, -0.05) is 31.2 Å². The number of benzene rings is 1. The molecule has 0 saturated heterocycles. The largest absolute Gasteiger partial charge is 0.474 e. The van der Waals surface area contributed by atoms with Gasteiger partial charge in [-0.2, -0.15) is 0 Å². The number of ether oxygens (including phenoxy) is 2. The molecule has 3 rings (SSSR count). The van der Waals surface area contributed by atoms with E-state index in [1.165, 1.54) is 11.9 Å². The number of aryl methyl sites for hydroxylation is 1. The zero-order chi connectivity index (χ0) is 22.4. The number of fused-ring (bicyclic) bond motifs is 1. The number of furan rings is 1. The van der Waals surface area contributed by atoms with E-state index in [2.05, 4.69) is 41.2 Å². The van der Waals surface area contributed by atoms with Crippen molar-refractivity contribution in [2.45, 2.75) is 78.4 Å². The summed E-state index contributed by atoms with van der Waals surface area (Å²) in [6.45, 7) is 9.79. The highest BCUT2D eigenvalue weighted by Gasteiger charge is 2.18. The Bertz CT molecular complexity index is 1000. The first-order valence-corrected chi connectivity index (χ1v) is 11.0. The standard InChI is InChI=1S/C25H32N2O4/c1-6-18-11-13-19(14-12-18)20-15-29-23-22(20)24(27-16-26-23)30-17(2)9-7-8-10-21(28)31-25(3,4)5/h11-17H,6-10H2,1-5H3/t17-/m1/s1. The van der Waals surface area contributed by atoms with E-state index in [4.69, 9.17) is 13.9 Å². The monoisotopic (exact) mass is 424 g/mol. The summed E-state index contributed by atoms with van der Waals surface area (Å²) in [5.41, 5.74) is 3.32. The Labute approximate surface area is 184 Å². The normalized spacial score (nSPS) is 12.7. The number of hydrogen-bond acceptors (Lipinski definition) is 6. The molecule has 0 bridgehead atoms. The van der Waals surface area contributed by atoms with E-state index in [9.17, 15) is 4.79 Å². The minimum Gasteiger partial charge on any atom is -0.474 e. The van der Waals surface area contributed by atoms with Crippen molar-refractivity contribution in [3.63, 3.8) is 0 Å². The summed E-state index contributed by atoms with van der Waals surface area (Å²) in [4.78, 5) is 20.5. The van der Waals surface area contributed by atoms with E-state index in [0.717, 1.165) is 42.2 Å². The number of aromatic nitrogens is 2. The highest BCUT2D eigenvalue weighted by Crippen LogP contribution is 2.35. The molecule has 166 valence electrons. The highest BCUT2D eigenvalue weighted by molar-refractivity contribution is 5.95. The number of esters is 1. The third kappa shape index (κ3) is 6.29. The van der Waals surface area contributed by atoms with Crippen molar-refractivity contribution >= 4 is 17.1 Å². The minimum absolute atomic E-state index is 0.0537. The van der Waals surface area contributed by atoms with Crippen LogP contribution in [0.15, 0.2) is 41.3 Å². The van der Waals surface area contributed by atoms with Gasteiger partial charge in [0.1, 0.15) is 23.6 Å². The second-order valence-electron chi connectivity index (χ2n) is 8.82. The molecule has 6 heteroatoms. The van der Waals surface area contributed by atoms with E-state index < -0.39 is 5.60 Å². The SMILES string of the molecule is CCc1ccc(-c2coc3ncnc(O[C@H](C)CCCCC(=O)OC(C)(C)C)c23)cc1. The smallest absolute Gasteiger partial charge is 0.306 e. The van der Waals surface area contributed by atoms with Gasteiger partial charge in [-0.05, 0) is 64.5 Å². The molecule has 0 unspecified atom stereocenters. The van der Waals surface area contributed by atoms with Gasteiger partial charge in [-0.15, -0.1) is 0 Å². The van der Waals surface area contributed by atoms with Gasteiger partial charge in [0.05, 0.1) is 6.10 Å². The van der Waals surface area contributed by atoms with Crippen LogP contribution in [0.2, 0.25) is 0 Å². The first-order valence-electron chi connectivity index (χ1n) is 11.0. The Morgan fingerprint density at radius 3 is 2.55 bits per heavy atom.